The van der Waals surface area contributed by atoms with Gasteiger partial charge in [-0.3, -0.25) is 14.5 Å². The standard InChI is InChI=1S/C19H17ClN2O3S2/c1-25-16-8-5-13(10-15(16)20)21-11-22-18(23)17(27-19(22)24)9-12-3-6-14(26-2)7-4-12/h3-10,21H,11H2,1-2H3/b17-9-. The Kier molecular flexibility index (Phi) is 6.36. The van der Waals surface area contributed by atoms with Crippen molar-refractivity contribution in [1.29, 1.82) is 0 Å². The number of methoxy groups -OCH3 is 1. The zero-order valence-corrected chi connectivity index (χ0v) is 17.1. The highest BCUT2D eigenvalue weighted by molar-refractivity contribution is 8.18. The average molecular weight is 421 g/mol. The van der Waals surface area contributed by atoms with Gasteiger partial charge in [0, 0.05) is 10.6 Å². The Bertz CT molecular complexity index is 900. The van der Waals surface area contributed by atoms with Gasteiger partial charge in [-0.1, -0.05) is 23.7 Å². The number of thioether (sulfide) groups is 2. The van der Waals surface area contributed by atoms with Gasteiger partial charge in [-0.25, -0.2) is 0 Å². The lowest BCUT2D eigenvalue weighted by molar-refractivity contribution is -0.122. The molecule has 0 atom stereocenters. The Morgan fingerprint density at radius 2 is 1.96 bits per heavy atom. The van der Waals surface area contributed by atoms with E-state index >= 15 is 0 Å². The van der Waals surface area contributed by atoms with Crippen molar-refractivity contribution in [2.75, 3.05) is 25.4 Å². The van der Waals surface area contributed by atoms with Gasteiger partial charge in [-0.15, -0.1) is 11.8 Å². The van der Waals surface area contributed by atoms with Gasteiger partial charge < -0.3 is 10.1 Å². The summed E-state index contributed by atoms with van der Waals surface area (Å²) in [6.45, 7) is 0.0656. The molecule has 0 spiro atoms. The van der Waals surface area contributed by atoms with E-state index in [1.54, 1.807) is 36.0 Å². The van der Waals surface area contributed by atoms with Gasteiger partial charge in [-0.2, -0.15) is 0 Å². The van der Waals surface area contributed by atoms with E-state index in [2.05, 4.69) is 5.32 Å². The molecule has 2 aromatic rings. The Balaban J connectivity index is 1.68. The normalized spacial score (nSPS) is 15.5. The van der Waals surface area contributed by atoms with Crippen LogP contribution in [0.2, 0.25) is 5.02 Å². The first-order chi connectivity index (χ1) is 13.0. The molecule has 0 aromatic heterocycles. The smallest absolute Gasteiger partial charge is 0.295 e. The molecule has 5 nitrogen and oxygen atoms in total. The third-order valence-corrected chi connectivity index (χ3v) is 5.83. The van der Waals surface area contributed by atoms with Gasteiger partial charge in [-0.05, 0) is 60.0 Å². The average Bonchev–Trinajstić information content (AvgIpc) is 2.94. The van der Waals surface area contributed by atoms with Crippen LogP contribution in [0, 0.1) is 0 Å². The van der Waals surface area contributed by atoms with Crippen LogP contribution < -0.4 is 10.1 Å². The van der Waals surface area contributed by atoms with Gasteiger partial charge in [0.25, 0.3) is 11.1 Å². The highest BCUT2D eigenvalue weighted by Crippen LogP contribution is 2.33. The number of anilines is 1. The van der Waals surface area contributed by atoms with E-state index in [4.69, 9.17) is 16.3 Å². The van der Waals surface area contributed by atoms with Crippen LogP contribution in [-0.4, -0.2) is 36.1 Å². The summed E-state index contributed by atoms with van der Waals surface area (Å²) in [5.41, 5.74) is 1.57. The van der Waals surface area contributed by atoms with Gasteiger partial charge in [0.05, 0.1) is 23.7 Å². The topological polar surface area (TPSA) is 58.6 Å². The molecule has 0 bridgehead atoms. The lowest BCUT2D eigenvalue weighted by Gasteiger charge is -2.15. The van der Waals surface area contributed by atoms with Crippen molar-refractivity contribution in [1.82, 2.24) is 4.90 Å². The Morgan fingerprint density at radius 3 is 2.59 bits per heavy atom. The van der Waals surface area contributed by atoms with Crippen LogP contribution >= 0.6 is 35.1 Å². The Hall–Kier alpha value is -2.09. The van der Waals surface area contributed by atoms with E-state index in [1.807, 2.05) is 30.5 Å². The van der Waals surface area contributed by atoms with Crippen LogP contribution in [0.25, 0.3) is 6.08 Å². The Labute approximate surface area is 171 Å². The summed E-state index contributed by atoms with van der Waals surface area (Å²) in [7, 11) is 1.54. The fraction of sp³-hybridized carbons (Fsp3) is 0.158. The van der Waals surface area contributed by atoms with Crippen molar-refractivity contribution in [2.24, 2.45) is 0 Å². The fourth-order valence-corrected chi connectivity index (χ4v) is 3.94. The lowest BCUT2D eigenvalue weighted by Crippen LogP contribution is -2.33. The second-order valence-electron chi connectivity index (χ2n) is 5.57. The minimum Gasteiger partial charge on any atom is -0.495 e. The molecule has 1 aliphatic heterocycles. The summed E-state index contributed by atoms with van der Waals surface area (Å²) < 4.78 is 5.11. The molecule has 1 saturated heterocycles. The molecule has 3 rings (SSSR count). The molecule has 8 heteroatoms. The minimum atomic E-state index is -0.314. The van der Waals surface area contributed by atoms with Crippen molar-refractivity contribution < 1.29 is 14.3 Å². The number of halogens is 1. The third-order valence-electron chi connectivity index (χ3n) is 3.88. The number of rotatable bonds is 6. The van der Waals surface area contributed by atoms with Crippen LogP contribution in [0.1, 0.15) is 5.56 Å². The first-order valence-electron chi connectivity index (χ1n) is 7.98. The molecular formula is C19H17ClN2O3S2. The van der Waals surface area contributed by atoms with Crippen LogP contribution in [0.3, 0.4) is 0 Å². The highest BCUT2D eigenvalue weighted by atomic mass is 35.5. The summed E-state index contributed by atoms with van der Waals surface area (Å²) in [5, 5.41) is 3.18. The maximum Gasteiger partial charge on any atom is 0.295 e. The predicted molar refractivity (Wildman–Crippen MR) is 113 cm³/mol. The molecule has 1 fully saturated rings. The number of hydrogen-bond acceptors (Lipinski definition) is 6. The second kappa shape index (κ2) is 8.73. The van der Waals surface area contributed by atoms with Crippen molar-refractivity contribution in [3.63, 3.8) is 0 Å². The summed E-state index contributed by atoms with van der Waals surface area (Å²) in [6, 6.07) is 13.0. The van der Waals surface area contributed by atoms with Crippen LogP contribution in [0.5, 0.6) is 5.75 Å². The summed E-state index contributed by atoms with van der Waals surface area (Å²) in [5.74, 6) is 0.245. The minimum absolute atomic E-state index is 0.0656. The van der Waals surface area contributed by atoms with Crippen LogP contribution in [-0.2, 0) is 4.79 Å². The van der Waals surface area contributed by atoms with Crippen molar-refractivity contribution in [2.45, 2.75) is 4.90 Å². The fourth-order valence-electron chi connectivity index (χ4n) is 2.43. The molecule has 2 amide bonds. The molecule has 1 heterocycles. The molecule has 0 aliphatic carbocycles. The summed E-state index contributed by atoms with van der Waals surface area (Å²) in [6.07, 6.45) is 3.74. The molecule has 140 valence electrons. The maximum atomic E-state index is 12.6. The first kappa shape index (κ1) is 19.7. The lowest BCUT2D eigenvalue weighted by atomic mass is 10.2. The number of carbonyl (C=O) groups is 2. The van der Waals surface area contributed by atoms with E-state index < -0.39 is 0 Å². The number of imide groups is 1. The first-order valence-corrected chi connectivity index (χ1v) is 10.4. The van der Waals surface area contributed by atoms with E-state index in [-0.39, 0.29) is 17.8 Å². The van der Waals surface area contributed by atoms with Gasteiger partial charge in [0.2, 0.25) is 0 Å². The highest BCUT2D eigenvalue weighted by Gasteiger charge is 2.34. The van der Waals surface area contributed by atoms with Crippen molar-refractivity contribution in [3.05, 3.63) is 58.0 Å². The van der Waals surface area contributed by atoms with Crippen LogP contribution in [0.15, 0.2) is 52.3 Å². The molecule has 27 heavy (non-hydrogen) atoms. The molecule has 2 aromatic carbocycles. The number of hydrogen-bond donors (Lipinski definition) is 1. The third kappa shape index (κ3) is 4.61. The zero-order chi connectivity index (χ0) is 19.4. The summed E-state index contributed by atoms with van der Waals surface area (Å²) >= 11 is 8.68. The zero-order valence-electron chi connectivity index (χ0n) is 14.7. The molecule has 0 unspecified atom stereocenters. The number of nitrogens with one attached hydrogen (secondary N) is 1. The van der Waals surface area contributed by atoms with Gasteiger partial charge in [0.15, 0.2) is 0 Å². The SMILES string of the molecule is COc1ccc(NCN2C(=O)S/C(=C\c3ccc(SC)cc3)C2=O)cc1Cl. The Morgan fingerprint density at radius 1 is 1.22 bits per heavy atom. The van der Waals surface area contributed by atoms with Crippen molar-refractivity contribution in [3.8, 4) is 5.75 Å². The molecular weight excluding hydrogens is 404 g/mol. The molecule has 0 radical (unpaired) electrons. The van der Waals surface area contributed by atoms with Gasteiger partial charge >= 0.3 is 0 Å². The van der Waals surface area contributed by atoms with Crippen LogP contribution in [0.4, 0.5) is 10.5 Å². The molecule has 1 N–H and O–H groups in total. The van der Waals surface area contributed by atoms with E-state index in [0.29, 0.717) is 21.4 Å². The summed E-state index contributed by atoms with van der Waals surface area (Å²) in [4.78, 5) is 27.5. The van der Waals surface area contributed by atoms with E-state index in [9.17, 15) is 9.59 Å². The number of carbonyl (C=O) groups excluding carboxylic acids is 2. The number of benzene rings is 2. The molecule has 0 saturated carbocycles. The number of amides is 2. The van der Waals surface area contributed by atoms with Crippen molar-refractivity contribution >= 4 is 58.0 Å². The predicted octanol–water partition coefficient (Wildman–Crippen LogP) is 5.18. The molecule has 1 aliphatic rings. The van der Waals surface area contributed by atoms with E-state index in [1.165, 1.54) is 12.0 Å². The van der Waals surface area contributed by atoms with Gasteiger partial charge in [0.1, 0.15) is 5.75 Å². The largest absolute Gasteiger partial charge is 0.495 e. The monoisotopic (exact) mass is 420 g/mol. The van der Waals surface area contributed by atoms with E-state index in [0.717, 1.165) is 22.2 Å². The second-order valence-corrected chi connectivity index (χ2v) is 7.85. The number of nitrogens with zero attached hydrogens (tertiary/aromatic N) is 1. The maximum absolute atomic E-state index is 12.6. The quantitative estimate of drug-likeness (QED) is 0.513. The number of ether oxygens (including phenoxy) is 1.